The maximum atomic E-state index is 12.8. The number of halogens is 3. The summed E-state index contributed by atoms with van der Waals surface area (Å²) in [5.41, 5.74) is -0.311. The van der Waals surface area contributed by atoms with Crippen LogP contribution in [0.4, 0.5) is 13.2 Å². The highest BCUT2D eigenvalue weighted by atomic mass is 19.4. The van der Waals surface area contributed by atoms with Crippen LogP contribution in [0.1, 0.15) is 50.4 Å². The number of aryl methyl sites for hydroxylation is 2. The lowest BCUT2D eigenvalue weighted by molar-refractivity contribution is -0.152. The number of aromatic nitrogens is 3. The number of nitrogens with zero attached hydrogens (tertiary/aromatic N) is 3. The molecule has 10 heteroatoms. The van der Waals surface area contributed by atoms with Gasteiger partial charge >= 0.3 is 12.1 Å². The van der Waals surface area contributed by atoms with Crippen LogP contribution in [-0.2, 0) is 23.8 Å². The molecule has 0 bridgehead atoms. The molecule has 0 atom stereocenters. The highest BCUT2D eigenvalue weighted by Gasteiger charge is 2.31. The molecule has 7 nitrogen and oxygen atoms in total. The average Bonchev–Trinajstić information content (AvgIpc) is 3.19. The van der Waals surface area contributed by atoms with Crippen molar-refractivity contribution in [1.29, 1.82) is 0 Å². The molecule has 0 fully saturated rings. The van der Waals surface area contributed by atoms with Gasteiger partial charge in [-0.3, -0.25) is 0 Å². The zero-order chi connectivity index (χ0) is 25.6. The zero-order valence-corrected chi connectivity index (χ0v) is 19.8. The fourth-order valence-electron chi connectivity index (χ4n) is 3.33. The second-order valence-corrected chi connectivity index (χ2v) is 8.54. The van der Waals surface area contributed by atoms with Crippen molar-refractivity contribution in [3.63, 3.8) is 0 Å². The second kappa shape index (κ2) is 10.8. The number of rotatable bonds is 11. The lowest BCUT2D eigenvalue weighted by Crippen LogP contribution is -2.37. The number of pyridine rings is 1. The molecule has 188 valence electrons. The number of alkyl halides is 3. The summed E-state index contributed by atoms with van der Waals surface area (Å²) in [6, 6.07) is 9.09. The lowest BCUT2D eigenvalue weighted by atomic mass is 10.1. The Hall–Kier alpha value is -3.56. The Kier molecular flexibility index (Phi) is 8.03. The number of carboxylic acid groups (broad SMARTS) is 1. The van der Waals surface area contributed by atoms with Crippen LogP contribution in [0.15, 0.2) is 48.8 Å². The molecule has 1 N–H and O–H groups in total. The van der Waals surface area contributed by atoms with Gasteiger partial charge in [-0.15, -0.1) is 0 Å². The zero-order valence-electron chi connectivity index (χ0n) is 19.8. The van der Waals surface area contributed by atoms with Crippen LogP contribution in [0, 0.1) is 0 Å². The molecule has 35 heavy (non-hydrogen) atoms. The van der Waals surface area contributed by atoms with Gasteiger partial charge in [0.15, 0.2) is 11.4 Å². The van der Waals surface area contributed by atoms with Crippen molar-refractivity contribution in [2.45, 2.75) is 58.2 Å². The van der Waals surface area contributed by atoms with E-state index in [9.17, 15) is 23.1 Å². The van der Waals surface area contributed by atoms with Crippen molar-refractivity contribution in [1.82, 2.24) is 14.8 Å². The summed E-state index contributed by atoms with van der Waals surface area (Å²) >= 11 is 0. The number of aliphatic carboxylic acids is 1. The smallest absolute Gasteiger partial charge is 0.417 e. The normalized spacial score (nSPS) is 11.9. The van der Waals surface area contributed by atoms with E-state index in [4.69, 9.17) is 9.47 Å². The van der Waals surface area contributed by atoms with E-state index >= 15 is 0 Å². The summed E-state index contributed by atoms with van der Waals surface area (Å²) in [6.07, 6.45) is 1.12. The molecular weight excluding hydrogens is 463 g/mol. The summed E-state index contributed by atoms with van der Waals surface area (Å²) < 4.78 is 51.3. The molecule has 3 aromatic rings. The number of ether oxygens (including phenoxy) is 2. The van der Waals surface area contributed by atoms with E-state index in [1.165, 1.54) is 24.6 Å². The van der Waals surface area contributed by atoms with Gasteiger partial charge in [0.25, 0.3) is 0 Å². The number of hydrogen-bond acceptors (Lipinski definition) is 5. The van der Waals surface area contributed by atoms with E-state index in [-0.39, 0.29) is 0 Å². The molecule has 2 aromatic heterocycles. The third-order valence-corrected chi connectivity index (χ3v) is 5.23. The van der Waals surface area contributed by atoms with Gasteiger partial charge in [-0.2, -0.15) is 18.3 Å². The topological polar surface area (TPSA) is 86.5 Å². The van der Waals surface area contributed by atoms with Gasteiger partial charge in [0.2, 0.25) is 0 Å². The summed E-state index contributed by atoms with van der Waals surface area (Å²) in [5, 5.41) is 13.7. The standard InChI is InChI=1S/C25H28F3N3O4/c1-4-7-21-17(16-31(30-21)22-12-11-18(15-29-22)25(26,27)28)8-6-13-34-19-9-5-10-20(14-19)35-24(2,3)23(32)33/h5,9-12,14-16H,4,6-8,13H2,1-3H3,(H,32,33). The predicted octanol–water partition coefficient (Wildman–Crippen LogP) is 5.49. The number of hydrogen-bond donors (Lipinski definition) is 1. The Morgan fingerprint density at radius 2 is 1.86 bits per heavy atom. The first-order valence-electron chi connectivity index (χ1n) is 11.3. The van der Waals surface area contributed by atoms with Crippen LogP contribution < -0.4 is 9.47 Å². The second-order valence-electron chi connectivity index (χ2n) is 8.54. The third-order valence-electron chi connectivity index (χ3n) is 5.23. The maximum absolute atomic E-state index is 12.8. The van der Waals surface area contributed by atoms with Gasteiger partial charge < -0.3 is 14.6 Å². The summed E-state index contributed by atoms with van der Waals surface area (Å²) in [5.74, 6) is 0.199. The van der Waals surface area contributed by atoms with E-state index in [2.05, 4.69) is 10.1 Å². The van der Waals surface area contributed by atoms with Crippen LogP contribution in [-0.4, -0.2) is 38.0 Å². The predicted molar refractivity (Wildman–Crippen MR) is 123 cm³/mol. The number of carboxylic acids is 1. The van der Waals surface area contributed by atoms with Crippen LogP contribution in [0.25, 0.3) is 5.82 Å². The molecule has 1 aromatic carbocycles. The first kappa shape index (κ1) is 26.1. The fraction of sp³-hybridized carbons (Fsp3) is 0.400. The molecule has 0 aliphatic carbocycles. The minimum Gasteiger partial charge on any atom is -0.493 e. The van der Waals surface area contributed by atoms with Gasteiger partial charge in [0.05, 0.1) is 17.9 Å². The first-order valence-corrected chi connectivity index (χ1v) is 11.3. The van der Waals surface area contributed by atoms with Crippen molar-refractivity contribution in [2.75, 3.05) is 6.61 Å². The Balaban J connectivity index is 1.61. The largest absolute Gasteiger partial charge is 0.493 e. The SMILES string of the molecule is CCCc1nn(-c2ccc(C(F)(F)F)cn2)cc1CCCOc1cccc(OC(C)(C)C(=O)O)c1. The molecule has 2 heterocycles. The molecule has 0 radical (unpaired) electrons. The van der Waals surface area contributed by atoms with E-state index in [1.807, 2.05) is 6.92 Å². The van der Waals surface area contributed by atoms with Crippen LogP contribution in [0.3, 0.4) is 0 Å². The molecule has 0 spiro atoms. The minimum absolute atomic E-state index is 0.318. The van der Waals surface area contributed by atoms with E-state index in [0.717, 1.165) is 36.4 Å². The van der Waals surface area contributed by atoms with E-state index in [1.54, 1.807) is 30.5 Å². The van der Waals surface area contributed by atoms with Crippen molar-refractivity contribution in [3.05, 3.63) is 65.6 Å². The minimum atomic E-state index is -4.44. The monoisotopic (exact) mass is 491 g/mol. The Bertz CT molecular complexity index is 1140. The highest BCUT2D eigenvalue weighted by Crippen LogP contribution is 2.29. The Morgan fingerprint density at radius 3 is 2.49 bits per heavy atom. The summed E-state index contributed by atoms with van der Waals surface area (Å²) in [4.78, 5) is 15.2. The van der Waals surface area contributed by atoms with Crippen LogP contribution >= 0.6 is 0 Å². The number of benzene rings is 1. The molecular formula is C25H28F3N3O4. The first-order chi connectivity index (χ1) is 16.5. The van der Waals surface area contributed by atoms with Crippen molar-refractivity contribution in [3.8, 4) is 17.3 Å². The van der Waals surface area contributed by atoms with E-state index in [0.29, 0.717) is 36.8 Å². The average molecular weight is 492 g/mol. The van der Waals surface area contributed by atoms with Gasteiger partial charge in [0, 0.05) is 18.5 Å². The molecule has 0 amide bonds. The molecule has 0 aliphatic rings. The van der Waals surface area contributed by atoms with Crippen molar-refractivity contribution < 1.29 is 32.5 Å². The quantitative estimate of drug-likeness (QED) is 0.357. The fourth-order valence-corrected chi connectivity index (χ4v) is 3.33. The molecule has 0 saturated carbocycles. The van der Waals surface area contributed by atoms with Gasteiger partial charge in [-0.25, -0.2) is 14.5 Å². The van der Waals surface area contributed by atoms with Gasteiger partial charge in [-0.05, 0) is 62.9 Å². The maximum Gasteiger partial charge on any atom is 0.417 e. The third kappa shape index (κ3) is 6.97. The molecule has 0 unspecified atom stereocenters. The van der Waals surface area contributed by atoms with Gasteiger partial charge in [-0.1, -0.05) is 19.4 Å². The molecule has 0 aliphatic heterocycles. The summed E-state index contributed by atoms with van der Waals surface area (Å²) in [7, 11) is 0. The van der Waals surface area contributed by atoms with Gasteiger partial charge in [0.1, 0.15) is 11.5 Å². The lowest BCUT2D eigenvalue weighted by Gasteiger charge is -2.21. The van der Waals surface area contributed by atoms with Crippen molar-refractivity contribution >= 4 is 5.97 Å². The Morgan fingerprint density at radius 1 is 1.11 bits per heavy atom. The van der Waals surface area contributed by atoms with Crippen LogP contribution in [0.5, 0.6) is 11.5 Å². The van der Waals surface area contributed by atoms with Crippen molar-refractivity contribution in [2.24, 2.45) is 0 Å². The van der Waals surface area contributed by atoms with E-state index < -0.39 is 23.3 Å². The molecule has 3 rings (SSSR count). The number of carbonyl (C=O) groups is 1. The highest BCUT2D eigenvalue weighted by molar-refractivity contribution is 5.76. The summed E-state index contributed by atoms with van der Waals surface area (Å²) in [6.45, 7) is 5.37. The van der Waals surface area contributed by atoms with Crippen LogP contribution in [0.2, 0.25) is 0 Å². The Labute approximate surface area is 201 Å². The molecule has 0 saturated heterocycles.